The van der Waals surface area contributed by atoms with Crippen molar-refractivity contribution in [3.05, 3.63) is 68.7 Å². The zero-order chi connectivity index (χ0) is 17.4. The monoisotopic (exact) mass is 400 g/mol. The van der Waals surface area contributed by atoms with Crippen LogP contribution in [-0.2, 0) is 4.79 Å². The summed E-state index contributed by atoms with van der Waals surface area (Å²) in [4.78, 5) is 11.8. The number of nitrogens with one attached hydrogen (secondary N) is 1. The summed E-state index contributed by atoms with van der Waals surface area (Å²) in [7, 11) is 0. The highest BCUT2D eigenvalue weighted by Crippen LogP contribution is 2.38. The number of nitrogens with zero attached hydrogens (tertiary/aromatic N) is 1. The summed E-state index contributed by atoms with van der Waals surface area (Å²) in [6.45, 7) is 1.85. The average Bonchev–Trinajstić information content (AvgIpc) is 2.86. The number of hydrogen-bond donors (Lipinski definition) is 1. The minimum atomic E-state index is -0.635. The van der Waals surface area contributed by atoms with Crippen molar-refractivity contribution in [1.29, 1.82) is 0 Å². The third-order valence-corrected chi connectivity index (χ3v) is 4.79. The van der Waals surface area contributed by atoms with Crippen LogP contribution in [0.4, 0.5) is 5.69 Å². The summed E-state index contributed by atoms with van der Waals surface area (Å²) in [6.07, 6.45) is 0. The molecule has 1 N–H and O–H groups in total. The molecule has 0 fully saturated rings. The maximum absolute atomic E-state index is 11.8. The van der Waals surface area contributed by atoms with Gasteiger partial charge in [0.2, 0.25) is 5.24 Å². The second kappa shape index (κ2) is 6.95. The van der Waals surface area contributed by atoms with Gasteiger partial charge in [-0.2, -0.15) is 0 Å². The predicted octanol–water partition coefficient (Wildman–Crippen LogP) is 5.54. The van der Waals surface area contributed by atoms with Crippen molar-refractivity contribution in [1.82, 2.24) is 5.43 Å². The van der Waals surface area contributed by atoms with Gasteiger partial charge >= 0.3 is 0 Å². The Labute approximate surface area is 159 Å². The second-order valence-corrected chi connectivity index (χ2v) is 6.99. The van der Waals surface area contributed by atoms with Gasteiger partial charge < -0.3 is 0 Å². The molecule has 0 saturated carbocycles. The first kappa shape index (κ1) is 17.6. The summed E-state index contributed by atoms with van der Waals surface area (Å²) < 4.78 is 0. The summed E-state index contributed by atoms with van der Waals surface area (Å²) in [5.41, 5.74) is 6.25. The molecule has 0 aliphatic carbocycles. The molecular weight excluding hydrogens is 390 g/mol. The Balaban J connectivity index is 2.14. The zero-order valence-electron chi connectivity index (χ0n) is 12.5. The van der Waals surface area contributed by atoms with Gasteiger partial charge in [0.15, 0.2) is 0 Å². The molecule has 0 saturated heterocycles. The number of hydrazine groups is 1. The van der Waals surface area contributed by atoms with Gasteiger partial charge in [0.05, 0.1) is 16.4 Å². The molecule has 2 aromatic carbocycles. The van der Waals surface area contributed by atoms with Gasteiger partial charge in [-0.3, -0.25) is 9.80 Å². The van der Waals surface area contributed by atoms with E-state index in [1.807, 2.05) is 19.1 Å². The fourth-order valence-corrected chi connectivity index (χ4v) is 3.47. The number of rotatable bonds is 3. The molecule has 1 atom stereocenters. The molecule has 0 amide bonds. The van der Waals surface area contributed by atoms with E-state index in [-0.39, 0.29) is 0 Å². The first-order chi connectivity index (χ1) is 11.4. The third-order valence-electron chi connectivity index (χ3n) is 3.78. The highest BCUT2D eigenvalue weighted by Gasteiger charge is 2.34. The maximum Gasteiger partial charge on any atom is 0.244 e. The van der Waals surface area contributed by atoms with Crippen molar-refractivity contribution in [3.8, 4) is 0 Å². The molecule has 0 spiro atoms. The van der Waals surface area contributed by atoms with Crippen LogP contribution in [0.2, 0.25) is 15.1 Å². The topological polar surface area (TPSA) is 32.3 Å². The number of carbonyl (C=O) groups excluding carboxylic acids is 1. The zero-order valence-corrected chi connectivity index (χ0v) is 15.5. The fraction of sp³-hybridized carbons (Fsp3) is 0.118. The normalized spacial score (nSPS) is 17.5. The van der Waals surface area contributed by atoms with Crippen molar-refractivity contribution in [2.45, 2.75) is 13.0 Å². The molecule has 7 heteroatoms. The van der Waals surface area contributed by atoms with E-state index in [2.05, 4.69) is 5.43 Å². The number of carbonyl (C=O) groups is 1. The largest absolute Gasteiger partial charge is 0.279 e. The summed E-state index contributed by atoms with van der Waals surface area (Å²) in [5, 5.41) is 2.87. The van der Waals surface area contributed by atoms with E-state index in [1.54, 1.807) is 35.3 Å². The van der Waals surface area contributed by atoms with Gasteiger partial charge in [0.25, 0.3) is 0 Å². The molecule has 2 aromatic rings. The van der Waals surface area contributed by atoms with Crippen molar-refractivity contribution in [2.75, 3.05) is 5.01 Å². The molecule has 24 heavy (non-hydrogen) atoms. The molecule has 0 radical (unpaired) electrons. The van der Waals surface area contributed by atoms with E-state index >= 15 is 0 Å². The van der Waals surface area contributed by atoms with Crippen LogP contribution in [0.15, 0.2) is 48.0 Å². The lowest BCUT2D eigenvalue weighted by molar-refractivity contribution is -0.112. The van der Waals surface area contributed by atoms with E-state index in [1.165, 1.54) is 0 Å². The number of anilines is 1. The average molecular weight is 402 g/mol. The quantitative estimate of drug-likeness (QED) is 0.685. The Kier molecular flexibility index (Phi) is 5.09. The highest BCUT2D eigenvalue weighted by molar-refractivity contribution is 6.65. The summed E-state index contributed by atoms with van der Waals surface area (Å²) in [6, 6.07) is 11.8. The van der Waals surface area contributed by atoms with E-state index in [4.69, 9.17) is 46.4 Å². The Morgan fingerprint density at radius 2 is 1.67 bits per heavy atom. The molecule has 3 rings (SSSR count). The smallest absolute Gasteiger partial charge is 0.244 e. The lowest BCUT2D eigenvalue weighted by atomic mass is 10.0. The van der Waals surface area contributed by atoms with Gasteiger partial charge in [-0.25, -0.2) is 5.43 Å². The number of halogens is 4. The Morgan fingerprint density at radius 1 is 1.04 bits per heavy atom. The number of benzene rings is 2. The van der Waals surface area contributed by atoms with Gasteiger partial charge in [-0.05, 0) is 60.0 Å². The van der Waals surface area contributed by atoms with Crippen molar-refractivity contribution in [2.24, 2.45) is 0 Å². The Bertz CT molecular complexity index is 833. The van der Waals surface area contributed by atoms with Crippen LogP contribution in [0.3, 0.4) is 0 Å². The minimum Gasteiger partial charge on any atom is -0.279 e. The SMILES string of the molecule is CC1=C(c2ccc(Cl)cc2)N(c2ccc(Cl)cc2Cl)NC1C(=O)Cl. The lowest BCUT2D eigenvalue weighted by Crippen LogP contribution is -2.40. The molecule has 1 unspecified atom stereocenters. The van der Waals surface area contributed by atoms with E-state index in [0.717, 1.165) is 16.8 Å². The van der Waals surface area contributed by atoms with Crippen LogP contribution >= 0.6 is 46.4 Å². The van der Waals surface area contributed by atoms with Gasteiger partial charge in [0, 0.05) is 10.0 Å². The lowest BCUT2D eigenvalue weighted by Gasteiger charge is -2.24. The van der Waals surface area contributed by atoms with Crippen LogP contribution in [0, 0.1) is 0 Å². The van der Waals surface area contributed by atoms with Crippen LogP contribution in [0.5, 0.6) is 0 Å². The second-order valence-electron chi connectivity index (χ2n) is 5.34. The Hall–Kier alpha value is -1.23. The summed E-state index contributed by atoms with van der Waals surface area (Å²) >= 11 is 24.0. The fourth-order valence-electron chi connectivity index (χ4n) is 2.64. The first-order valence-electron chi connectivity index (χ1n) is 7.06. The molecule has 3 nitrogen and oxygen atoms in total. The van der Waals surface area contributed by atoms with Crippen LogP contribution < -0.4 is 10.4 Å². The van der Waals surface area contributed by atoms with E-state index in [9.17, 15) is 4.79 Å². The maximum atomic E-state index is 11.8. The van der Waals surface area contributed by atoms with Crippen LogP contribution in [0.1, 0.15) is 12.5 Å². The molecule has 1 aliphatic heterocycles. The predicted molar refractivity (Wildman–Crippen MR) is 101 cm³/mol. The van der Waals surface area contributed by atoms with Crippen LogP contribution in [-0.4, -0.2) is 11.3 Å². The minimum absolute atomic E-state index is 0.455. The standard InChI is InChI=1S/C17H12Cl4N2O/c1-9-15(17(21)24)22-23(14-7-6-12(19)8-13(14)20)16(9)10-2-4-11(18)5-3-10/h2-8,15,22H,1H3. The third kappa shape index (κ3) is 3.28. The van der Waals surface area contributed by atoms with E-state index in [0.29, 0.717) is 20.8 Å². The first-order valence-corrected chi connectivity index (χ1v) is 8.57. The molecule has 124 valence electrons. The van der Waals surface area contributed by atoms with Crippen molar-refractivity contribution < 1.29 is 4.79 Å². The molecular formula is C17H12Cl4N2O. The molecule has 0 aromatic heterocycles. The van der Waals surface area contributed by atoms with Gasteiger partial charge in [-0.1, -0.05) is 46.9 Å². The van der Waals surface area contributed by atoms with Crippen LogP contribution in [0.25, 0.3) is 5.70 Å². The van der Waals surface area contributed by atoms with Crippen molar-refractivity contribution >= 4 is 63.0 Å². The van der Waals surface area contributed by atoms with Crippen molar-refractivity contribution in [3.63, 3.8) is 0 Å². The Morgan fingerprint density at radius 3 is 2.25 bits per heavy atom. The van der Waals surface area contributed by atoms with E-state index < -0.39 is 11.3 Å². The molecule has 1 heterocycles. The van der Waals surface area contributed by atoms with Gasteiger partial charge in [0.1, 0.15) is 6.04 Å². The molecule has 0 bridgehead atoms. The summed E-state index contributed by atoms with van der Waals surface area (Å²) in [5.74, 6) is 0. The van der Waals surface area contributed by atoms with Gasteiger partial charge in [-0.15, -0.1) is 0 Å². The molecule has 1 aliphatic rings. The number of hydrogen-bond acceptors (Lipinski definition) is 3. The highest BCUT2D eigenvalue weighted by atomic mass is 35.5.